The summed E-state index contributed by atoms with van der Waals surface area (Å²) in [4.78, 5) is 67.3. The fourth-order valence-electron chi connectivity index (χ4n) is 7.71. The monoisotopic (exact) mass is 865 g/mol. The smallest absolute Gasteiger partial charge is 0.408 e. The van der Waals surface area contributed by atoms with Gasteiger partial charge in [0.1, 0.15) is 40.8 Å². The van der Waals surface area contributed by atoms with E-state index in [0.29, 0.717) is 54.6 Å². The number of pyridine rings is 1. The number of ether oxygens (including phenoxy) is 3. The van der Waals surface area contributed by atoms with Crippen LogP contribution in [-0.4, -0.2) is 101 Å². The Morgan fingerprint density at radius 2 is 1.83 bits per heavy atom. The normalized spacial score (nSPS) is 25.0. The van der Waals surface area contributed by atoms with E-state index >= 15 is 0 Å². The summed E-state index contributed by atoms with van der Waals surface area (Å²) in [5.41, 5.74) is -1.18. The summed E-state index contributed by atoms with van der Waals surface area (Å²) >= 11 is 1.45. The van der Waals surface area contributed by atoms with E-state index in [2.05, 4.69) is 20.7 Å². The number of amides is 4. The van der Waals surface area contributed by atoms with E-state index < -0.39 is 74.3 Å². The number of nitrogens with one attached hydrogen (secondary N) is 4. The van der Waals surface area contributed by atoms with Gasteiger partial charge in [0.05, 0.1) is 24.6 Å². The molecule has 4 amide bonds. The van der Waals surface area contributed by atoms with Gasteiger partial charge in [-0.05, 0) is 103 Å². The van der Waals surface area contributed by atoms with Crippen molar-refractivity contribution >= 4 is 61.1 Å². The van der Waals surface area contributed by atoms with Crippen molar-refractivity contribution in [1.82, 2.24) is 30.2 Å². The third-order valence-electron chi connectivity index (χ3n) is 11.0. The van der Waals surface area contributed by atoms with Crippen molar-refractivity contribution in [3.8, 4) is 23.0 Å². The molecular weight excluding hydrogens is 811 g/mol. The van der Waals surface area contributed by atoms with Gasteiger partial charge in [-0.2, -0.15) is 0 Å². The average Bonchev–Trinajstić information content (AvgIpc) is 4.06. The Kier molecular flexibility index (Phi) is 12.4. The van der Waals surface area contributed by atoms with E-state index in [1.54, 1.807) is 33.9 Å². The van der Waals surface area contributed by atoms with E-state index in [1.807, 2.05) is 49.6 Å². The SMILES string of the molecule is COc1ccc2c(OC3C[C@H]4C(=O)N[C@]5(C(=O)NS(=O)(=O)C6CC6)C[C@H]5C=CCCCCC[C@H](NC(=O)OC(C)(C)C)C(=O)N4C3)nc(-c3csc(NC(C)C)n3)cc2c1. The fraction of sp³-hybridized carbons (Fsp3) is 0.571. The predicted molar refractivity (Wildman–Crippen MR) is 227 cm³/mol. The first kappa shape index (κ1) is 43.1. The third-order valence-corrected chi connectivity index (χ3v) is 13.6. The largest absolute Gasteiger partial charge is 0.497 e. The second-order valence-corrected chi connectivity index (χ2v) is 20.2. The van der Waals surface area contributed by atoms with Crippen molar-refractivity contribution in [3.63, 3.8) is 0 Å². The molecule has 0 radical (unpaired) electrons. The van der Waals surface area contributed by atoms with Crippen LogP contribution in [0, 0.1) is 5.92 Å². The maximum atomic E-state index is 14.7. The first-order chi connectivity index (χ1) is 28.4. The van der Waals surface area contributed by atoms with Crippen LogP contribution in [0.1, 0.15) is 92.4 Å². The minimum atomic E-state index is -3.92. The van der Waals surface area contributed by atoms with Crippen LogP contribution in [0.15, 0.2) is 41.8 Å². The number of sulfonamides is 1. The van der Waals surface area contributed by atoms with Crippen LogP contribution in [0.5, 0.6) is 11.6 Å². The molecule has 2 aliphatic carbocycles. The molecule has 5 atom stereocenters. The van der Waals surface area contributed by atoms with Gasteiger partial charge in [-0.3, -0.25) is 19.1 Å². The summed E-state index contributed by atoms with van der Waals surface area (Å²) in [5.74, 6) is -1.51. The van der Waals surface area contributed by atoms with Gasteiger partial charge in [-0.15, -0.1) is 11.3 Å². The lowest BCUT2D eigenvalue weighted by molar-refractivity contribution is -0.141. The van der Waals surface area contributed by atoms with E-state index in [-0.39, 0.29) is 31.3 Å². The number of carbonyl (C=O) groups is 4. The molecule has 4 N–H and O–H groups in total. The highest BCUT2D eigenvalue weighted by molar-refractivity contribution is 7.91. The number of methoxy groups -OCH3 is 1. The summed E-state index contributed by atoms with van der Waals surface area (Å²) in [7, 11) is -2.34. The van der Waals surface area contributed by atoms with Crippen LogP contribution in [0.3, 0.4) is 0 Å². The maximum absolute atomic E-state index is 14.7. The number of aromatic nitrogens is 2. The molecule has 1 aromatic carbocycles. The van der Waals surface area contributed by atoms with Crippen LogP contribution < -0.4 is 30.1 Å². The molecule has 4 aliphatic rings. The number of fused-ring (bicyclic) bond motifs is 3. The molecule has 18 heteroatoms. The summed E-state index contributed by atoms with van der Waals surface area (Å²) in [6.45, 7) is 9.19. The summed E-state index contributed by atoms with van der Waals surface area (Å²) in [6.07, 6.45) is 6.54. The Balaban J connectivity index is 1.23. The van der Waals surface area contributed by atoms with Crippen molar-refractivity contribution in [2.24, 2.45) is 5.92 Å². The second-order valence-electron chi connectivity index (χ2n) is 17.4. The van der Waals surface area contributed by atoms with E-state index in [1.165, 1.54) is 16.2 Å². The van der Waals surface area contributed by atoms with Gasteiger partial charge in [0.25, 0.3) is 5.91 Å². The molecule has 7 rings (SSSR count). The Morgan fingerprint density at radius 1 is 1.05 bits per heavy atom. The third kappa shape index (κ3) is 9.96. The molecule has 0 spiro atoms. The molecule has 3 aromatic rings. The Morgan fingerprint density at radius 3 is 2.55 bits per heavy atom. The summed E-state index contributed by atoms with van der Waals surface area (Å²) in [6, 6.07) is 5.38. The zero-order valence-electron chi connectivity index (χ0n) is 34.9. The molecule has 324 valence electrons. The van der Waals surface area contributed by atoms with E-state index in [0.717, 1.165) is 23.4 Å². The lowest BCUT2D eigenvalue weighted by Gasteiger charge is -2.30. The molecular formula is C42H55N7O9S2. The Labute approximate surface area is 354 Å². The van der Waals surface area contributed by atoms with Crippen LogP contribution in [0.4, 0.5) is 9.93 Å². The Hall–Kier alpha value is -4.97. The van der Waals surface area contributed by atoms with Gasteiger partial charge in [0.15, 0.2) is 5.13 Å². The van der Waals surface area contributed by atoms with Crippen molar-refractivity contribution < 1.29 is 41.8 Å². The van der Waals surface area contributed by atoms with Gasteiger partial charge in [0.2, 0.25) is 27.7 Å². The molecule has 3 fully saturated rings. The van der Waals surface area contributed by atoms with Crippen molar-refractivity contribution in [2.75, 3.05) is 19.0 Å². The van der Waals surface area contributed by atoms with Crippen LogP contribution in [-0.2, 0) is 29.1 Å². The average molecular weight is 866 g/mol. The number of thiazole rings is 1. The van der Waals surface area contributed by atoms with Gasteiger partial charge >= 0.3 is 6.09 Å². The Bertz CT molecular complexity index is 2270. The summed E-state index contributed by atoms with van der Waals surface area (Å²) in [5, 5.41) is 12.4. The molecule has 16 nitrogen and oxygen atoms in total. The number of hydrogen-bond acceptors (Lipinski definition) is 13. The standard InChI is InChI=1S/C42H55N7O9S2/c1-24(2)43-39-45-33(23-59-39)32-19-25-18-27(56-6)14-17-30(25)36(44-32)57-28-20-34-35(50)47-42(38(52)48-60(54,55)29-15-16-29)21-26(42)12-10-8-7-9-11-13-31(37(51)49(34)22-28)46-40(53)58-41(3,4)5/h10,12,14,17-19,23-24,26,28-29,31,34H,7-9,11,13,15-16,20-22H2,1-6H3,(H,43,45)(H,46,53)(H,47,50)(H,48,52)/t26-,28?,31+,34+,42-/m1/s1. The highest BCUT2D eigenvalue weighted by atomic mass is 32.2. The quantitative estimate of drug-likeness (QED) is 0.188. The zero-order valence-corrected chi connectivity index (χ0v) is 36.5. The molecule has 0 bridgehead atoms. The number of hydrogen-bond donors (Lipinski definition) is 4. The van der Waals surface area contributed by atoms with E-state index in [4.69, 9.17) is 24.2 Å². The minimum Gasteiger partial charge on any atom is -0.497 e. The fourth-order valence-corrected chi connectivity index (χ4v) is 9.93. The maximum Gasteiger partial charge on any atom is 0.408 e. The number of nitrogens with zero attached hydrogens (tertiary/aromatic N) is 3. The number of rotatable bonds is 10. The first-order valence-corrected chi connectivity index (χ1v) is 23.1. The van der Waals surface area contributed by atoms with Gasteiger partial charge in [-0.1, -0.05) is 25.0 Å². The van der Waals surface area contributed by atoms with E-state index in [9.17, 15) is 27.6 Å². The van der Waals surface area contributed by atoms with Gasteiger partial charge in [-0.25, -0.2) is 23.2 Å². The van der Waals surface area contributed by atoms with Crippen LogP contribution >= 0.6 is 11.3 Å². The molecule has 4 heterocycles. The molecule has 60 heavy (non-hydrogen) atoms. The van der Waals surface area contributed by atoms with Gasteiger partial charge < -0.3 is 35.1 Å². The van der Waals surface area contributed by atoms with Crippen molar-refractivity contribution in [2.45, 2.75) is 133 Å². The molecule has 1 unspecified atom stereocenters. The number of benzene rings is 1. The van der Waals surface area contributed by atoms with Crippen molar-refractivity contribution in [3.05, 3.63) is 41.8 Å². The second kappa shape index (κ2) is 17.2. The highest BCUT2D eigenvalue weighted by Gasteiger charge is 2.62. The molecule has 1 saturated heterocycles. The predicted octanol–water partition coefficient (Wildman–Crippen LogP) is 5.43. The lowest BCUT2D eigenvalue weighted by atomic mass is 10.0. The topological polar surface area (TPSA) is 207 Å². The number of carbonyl (C=O) groups excluding carboxylic acids is 4. The van der Waals surface area contributed by atoms with Crippen molar-refractivity contribution in [1.29, 1.82) is 0 Å². The summed E-state index contributed by atoms with van der Waals surface area (Å²) < 4.78 is 45.8. The van der Waals surface area contributed by atoms with Crippen LogP contribution in [0.25, 0.3) is 22.2 Å². The molecule has 2 aliphatic heterocycles. The zero-order chi connectivity index (χ0) is 43.0. The molecule has 2 saturated carbocycles. The number of anilines is 1. The van der Waals surface area contributed by atoms with Gasteiger partial charge in [0, 0.05) is 29.1 Å². The first-order valence-electron chi connectivity index (χ1n) is 20.7. The van der Waals surface area contributed by atoms with Crippen LogP contribution in [0.2, 0.25) is 0 Å². The molecule has 2 aromatic heterocycles. The highest BCUT2D eigenvalue weighted by Crippen LogP contribution is 2.46. The minimum absolute atomic E-state index is 0.0119. The number of alkyl carbamates (subject to hydrolysis) is 1. The number of allylic oxidation sites excluding steroid dienone is 1. The lowest BCUT2D eigenvalue weighted by Crippen LogP contribution is -2.58.